The highest BCUT2D eigenvalue weighted by molar-refractivity contribution is 6.21. The van der Waals surface area contributed by atoms with Gasteiger partial charge in [-0.15, -0.1) is 0 Å². The third-order valence-electron chi connectivity index (χ3n) is 21.0. The van der Waals surface area contributed by atoms with E-state index in [0.717, 1.165) is 55.9 Å². The van der Waals surface area contributed by atoms with Crippen molar-refractivity contribution in [3.05, 3.63) is 369 Å². The van der Waals surface area contributed by atoms with Gasteiger partial charge in [0.05, 0.1) is 68.0 Å². The molecule has 0 atom stereocenters. The average molecular weight is 1300 g/mol. The van der Waals surface area contributed by atoms with Crippen molar-refractivity contribution in [2.45, 2.75) is 0 Å². The number of aromatic nitrogens is 4. The minimum absolute atomic E-state index is 0.645. The Kier molecular flexibility index (Phi) is 13.3. The maximum Gasteiger partial charge on any atom is 0.187 e. The summed E-state index contributed by atoms with van der Waals surface area (Å²) in [4.78, 5) is 3.66. The Balaban J connectivity index is 0.000000139. The maximum absolute atomic E-state index is 9.32. The summed E-state index contributed by atoms with van der Waals surface area (Å²) >= 11 is 0. The molecule has 0 fully saturated rings. The zero-order valence-corrected chi connectivity index (χ0v) is 55.2. The van der Waals surface area contributed by atoms with Gasteiger partial charge in [0.1, 0.15) is 0 Å². The Morgan fingerprint density at radius 2 is 0.657 bits per heavy atom. The summed E-state index contributed by atoms with van der Waals surface area (Å²) in [5, 5.41) is 21.8. The topological polar surface area (TPSA) is 47.9 Å². The molecule has 102 heavy (non-hydrogen) atoms. The first-order chi connectivity index (χ1) is 50.5. The predicted molar refractivity (Wildman–Crippen MR) is 425 cm³/mol. The van der Waals surface area contributed by atoms with Crippen molar-refractivity contribution in [1.82, 2.24) is 18.3 Å². The molecule has 21 rings (SSSR count). The fourth-order valence-electron chi connectivity index (χ4n) is 16.6. The van der Waals surface area contributed by atoms with Crippen LogP contribution in [0.4, 0.5) is 5.69 Å². The van der Waals surface area contributed by atoms with Crippen LogP contribution in [0.15, 0.2) is 352 Å². The third kappa shape index (κ3) is 9.04. The monoisotopic (exact) mass is 1290 g/mol. The zero-order valence-electron chi connectivity index (χ0n) is 55.2. The van der Waals surface area contributed by atoms with Crippen LogP contribution in [0.5, 0.6) is 0 Å². The lowest BCUT2D eigenvalue weighted by Gasteiger charge is -2.15. The van der Waals surface area contributed by atoms with Crippen LogP contribution in [-0.2, 0) is 0 Å². The third-order valence-corrected chi connectivity index (χ3v) is 21.0. The van der Waals surface area contributed by atoms with Gasteiger partial charge in [0.25, 0.3) is 0 Å². The number of hydrogen-bond acceptors (Lipinski definition) is 1. The molecule has 1 aliphatic rings. The van der Waals surface area contributed by atoms with Gasteiger partial charge >= 0.3 is 0 Å². The quantitative estimate of drug-likeness (QED) is 0.140. The molecule has 4 heterocycles. The summed E-state index contributed by atoms with van der Waals surface area (Å²) in [6.45, 7) is 7.52. The van der Waals surface area contributed by atoms with Crippen LogP contribution in [0.3, 0.4) is 0 Å². The van der Waals surface area contributed by atoms with Crippen molar-refractivity contribution in [2.24, 2.45) is 0 Å². The second-order valence-electron chi connectivity index (χ2n) is 26.5. The lowest BCUT2D eigenvalue weighted by molar-refractivity contribution is 1.17. The first kappa shape index (κ1) is 58.1. The van der Waals surface area contributed by atoms with E-state index in [9.17, 15) is 5.26 Å². The molecule has 0 unspecified atom stereocenters. The van der Waals surface area contributed by atoms with E-state index in [1.54, 1.807) is 0 Å². The minimum Gasteiger partial charge on any atom is -0.309 e. The van der Waals surface area contributed by atoms with Gasteiger partial charge < -0.3 is 18.3 Å². The average Bonchev–Trinajstić information content (AvgIpc) is 1.56. The highest BCUT2D eigenvalue weighted by atomic mass is 15.0. The van der Waals surface area contributed by atoms with E-state index in [4.69, 9.17) is 6.57 Å². The van der Waals surface area contributed by atoms with Crippen molar-refractivity contribution in [2.75, 3.05) is 0 Å². The number of hydrogen-bond donors (Lipinski definition) is 0. The fourth-order valence-corrected chi connectivity index (χ4v) is 16.6. The Morgan fingerprint density at radius 1 is 0.245 bits per heavy atom. The summed E-state index contributed by atoms with van der Waals surface area (Å²) in [5.41, 5.74) is 29.6. The lowest BCUT2D eigenvalue weighted by atomic mass is 9.99. The Morgan fingerprint density at radius 3 is 1.29 bits per heavy atom. The van der Waals surface area contributed by atoms with E-state index in [0.29, 0.717) is 11.3 Å². The van der Waals surface area contributed by atoms with E-state index in [-0.39, 0.29) is 0 Å². The summed E-state index contributed by atoms with van der Waals surface area (Å²) < 4.78 is 9.68. The number of rotatable bonds is 8. The first-order valence-corrected chi connectivity index (χ1v) is 34.6. The normalized spacial score (nSPS) is 11.7. The van der Waals surface area contributed by atoms with Gasteiger partial charge in [0.2, 0.25) is 0 Å². The SMILES string of the molecule is N#Cc1ccc(-c2cccc(-n3c4ccccc4c4cccc(-c5cccc6c7ccccc7n(-c7ccccc7)c56)c43)c2)cc1.[C-]#[N+]c1cccc(-c2cccc(-n3c4ccccc4c4cc(-c5ccc6c7ccccc7n(-c7ccc8c9c(cccc79)-c7ccccc7-8)c6c5)ccc43)c2)c1. The molecule has 6 nitrogen and oxygen atoms in total. The molecule has 20 aromatic rings. The largest absolute Gasteiger partial charge is 0.309 e. The highest BCUT2D eigenvalue weighted by Crippen LogP contribution is 2.50. The van der Waals surface area contributed by atoms with Crippen molar-refractivity contribution >= 4 is 104 Å². The fraction of sp³-hybridized carbons (Fsp3) is 0. The minimum atomic E-state index is 0.645. The molecule has 0 bridgehead atoms. The van der Waals surface area contributed by atoms with Gasteiger partial charge in [-0.1, -0.05) is 249 Å². The van der Waals surface area contributed by atoms with E-state index in [1.807, 2.05) is 42.5 Å². The Bertz CT molecular complexity index is 6930. The van der Waals surface area contributed by atoms with Gasteiger partial charge in [-0.25, -0.2) is 4.85 Å². The molecule has 0 radical (unpaired) electrons. The number of para-hydroxylation sites is 7. The Hall–Kier alpha value is -14.0. The van der Waals surface area contributed by atoms with E-state index in [1.165, 1.54) is 132 Å². The lowest BCUT2D eigenvalue weighted by Crippen LogP contribution is -1.98. The van der Waals surface area contributed by atoms with Crippen molar-refractivity contribution in [1.29, 1.82) is 5.26 Å². The first-order valence-electron chi connectivity index (χ1n) is 34.6. The standard InChI is InChI=1S/C53H31N3.C43H27N3/c1-54-37-13-8-11-33(29-37)34-12-9-14-38(30-34)55-48-21-6-5-18-42(48)47-31-35(24-27-51(47)55)36-23-25-43-41-17-4-7-22-49(41)56(52(43)32-36)50-28-26-45-40-16-3-2-15-39(40)44-19-10-20-46(50)53(44)45;44-28-29-23-25-30(26-24-29)31-11-8-14-33(27-31)46-41-22-7-5-16-35(41)37-18-10-20-39(43(37)46)38-19-9-17-36-34-15-4-6-21-40(34)45(42(36)38)32-12-2-1-3-13-32/h2-32H;1-27H. The molecule has 1 aliphatic carbocycles. The van der Waals surface area contributed by atoms with Gasteiger partial charge in [-0.2, -0.15) is 5.26 Å². The maximum atomic E-state index is 9.32. The number of nitriles is 1. The van der Waals surface area contributed by atoms with Gasteiger partial charge in [0.15, 0.2) is 5.69 Å². The van der Waals surface area contributed by atoms with Crippen LogP contribution >= 0.6 is 0 Å². The molecule has 0 spiro atoms. The van der Waals surface area contributed by atoms with Gasteiger partial charge in [-0.3, -0.25) is 0 Å². The van der Waals surface area contributed by atoms with Crippen molar-refractivity contribution in [3.63, 3.8) is 0 Å². The van der Waals surface area contributed by atoms with Crippen molar-refractivity contribution < 1.29 is 0 Å². The molecule has 0 aliphatic heterocycles. The number of benzene rings is 16. The number of nitrogens with zero attached hydrogens (tertiary/aromatic N) is 6. The van der Waals surface area contributed by atoms with Crippen LogP contribution in [-0.4, -0.2) is 18.3 Å². The molecule has 472 valence electrons. The molecule has 6 heteroatoms. The van der Waals surface area contributed by atoms with Crippen molar-refractivity contribution in [3.8, 4) is 95.6 Å². The summed E-state index contributed by atoms with van der Waals surface area (Å²) in [6, 6.07) is 128. The van der Waals surface area contributed by atoms with E-state index >= 15 is 0 Å². The predicted octanol–water partition coefficient (Wildman–Crippen LogP) is 25.7. The second-order valence-corrected chi connectivity index (χ2v) is 26.5. The summed E-state index contributed by atoms with van der Waals surface area (Å²) in [7, 11) is 0. The molecule has 16 aromatic carbocycles. The number of fused-ring (bicyclic) bond motifs is 15. The van der Waals surface area contributed by atoms with E-state index < -0.39 is 0 Å². The highest BCUT2D eigenvalue weighted by Gasteiger charge is 2.26. The van der Waals surface area contributed by atoms with Crippen LogP contribution < -0.4 is 0 Å². The summed E-state index contributed by atoms with van der Waals surface area (Å²) in [6.07, 6.45) is 0. The molecule has 0 saturated heterocycles. The van der Waals surface area contributed by atoms with Crippen LogP contribution in [0.2, 0.25) is 0 Å². The molecule has 0 amide bonds. The van der Waals surface area contributed by atoms with Crippen LogP contribution in [0, 0.1) is 17.9 Å². The van der Waals surface area contributed by atoms with Crippen LogP contribution in [0.1, 0.15) is 5.56 Å². The van der Waals surface area contributed by atoms with Crippen LogP contribution in [0.25, 0.3) is 192 Å². The zero-order chi connectivity index (χ0) is 67.5. The van der Waals surface area contributed by atoms with E-state index in [2.05, 4.69) is 339 Å². The molecular formula is C96H58N6. The van der Waals surface area contributed by atoms with Gasteiger partial charge in [-0.05, 0) is 164 Å². The molecule has 4 aromatic heterocycles. The summed E-state index contributed by atoms with van der Waals surface area (Å²) in [5.74, 6) is 0. The molecule has 0 N–H and O–H groups in total. The smallest absolute Gasteiger partial charge is 0.187 e. The molecule has 0 saturated carbocycles. The Labute approximate surface area is 588 Å². The van der Waals surface area contributed by atoms with Gasteiger partial charge in [0, 0.05) is 76.7 Å². The second kappa shape index (κ2) is 23.3. The molecular weight excluding hydrogens is 1240 g/mol.